The maximum absolute atomic E-state index is 11.7. The second-order valence-electron chi connectivity index (χ2n) is 3.34. The molecule has 0 spiro atoms. The van der Waals surface area contributed by atoms with Gasteiger partial charge in [0.2, 0.25) is 0 Å². The fourth-order valence-electron chi connectivity index (χ4n) is 1.38. The molecular weight excluding hydrogens is 210 g/mol. The Kier molecular flexibility index (Phi) is 2.72. The van der Waals surface area contributed by atoms with Crippen LogP contribution in [0.15, 0.2) is 27.8 Å². The van der Waals surface area contributed by atoms with Crippen LogP contribution < -0.4 is 10.3 Å². The molecule has 2 rings (SSSR count). The van der Waals surface area contributed by atoms with Crippen molar-refractivity contribution in [3.63, 3.8) is 0 Å². The number of hydrogen-bond donors (Lipinski definition) is 0. The van der Waals surface area contributed by atoms with E-state index in [1.54, 1.807) is 13.1 Å². The smallest absolute Gasteiger partial charge is 0.299 e. The Morgan fingerprint density at radius 2 is 2.38 bits per heavy atom. The van der Waals surface area contributed by atoms with Crippen LogP contribution in [0.4, 0.5) is 0 Å². The van der Waals surface area contributed by atoms with E-state index in [9.17, 15) is 4.79 Å². The number of aromatic nitrogens is 3. The molecule has 6 nitrogen and oxygen atoms in total. The van der Waals surface area contributed by atoms with Gasteiger partial charge < -0.3 is 9.26 Å². The van der Waals surface area contributed by atoms with Crippen LogP contribution in [-0.4, -0.2) is 21.8 Å². The van der Waals surface area contributed by atoms with Gasteiger partial charge in [0.15, 0.2) is 0 Å². The first kappa shape index (κ1) is 10.4. The second kappa shape index (κ2) is 4.18. The highest BCUT2D eigenvalue weighted by molar-refractivity contribution is 5.10. The van der Waals surface area contributed by atoms with Gasteiger partial charge in [-0.2, -0.15) is 0 Å². The summed E-state index contributed by atoms with van der Waals surface area (Å²) in [7, 11) is 1.48. The minimum Gasteiger partial charge on any atom is -0.468 e. The molecule has 0 radical (unpaired) electrons. The first-order valence-electron chi connectivity index (χ1n) is 4.71. The molecule has 0 N–H and O–H groups in total. The molecule has 6 heteroatoms. The van der Waals surface area contributed by atoms with Crippen molar-refractivity contribution in [2.24, 2.45) is 0 Å². The maximum atomic E-state index is 11.7. The van der Waals surface area contributed by atoms with E-state index in [1.807, 2.05) is 0 Å². The highest BCUT2D eigenvalue weighted by Gasteiger charge is 2.08. The molecule has 2 aromatic heterocycles. The van der Waals surface area contributed by atoms with Gasteiger partial charge in [-0.15, -0.1) is 0 Å². The lowest BCUT2D eigenvalue weighted by Gasteiger charge is -2.09. The maximum Gasteiger partial charge on any atom is 0.299 e. The topological polar surface area (TPSA) is 70.2 Å². The predicted octanol–water partition coefficient (Wildman–Crippen LogP) is 0.597. The quantitative estimate of drug-likeness (QED) is 0.758. The Bertz CT molecular complexity index is 531. The lowest BCUT2D eigenvalue weighted by Crippen LogP contribution is -2.23. The molecule has 0 saturated heterocycles. The fourth-order valence-corrected chi connectivity index (χ4v) is 1.38. The Morgan fingerprint density at radius 1 is 1.56 bits per heavy atom. The largest absolute Gasteiger partial charge is 0.468 e. The average molecular weight is 221 g/mol. The minimum absolute atomic E-state index is 0.162. The zero-order chi connectivity index (χ0) is 11.5. The van der Waals surface area contributed by atoms with Gasteiger partial charge >= 0.3 is 0 Å². The molecule has 2 aromatic rings. The lowest BCUT2D eigenvalue weighted by molar-refractivity contribution is 0.349. The Labute approximate surface area is 91.5 Å². The van der Waals surface area contributed by atoms with Crippen molar-refractivity contribution in [1.29, 1.82) is 0 Å². The van der Waals surface area contributed by atoms with Gasteiger partial charge in [-0.25, -0.2) is 4.98 Å². The molecule has 16 heavy (non-hydrogen) atoms. The molecule has 0 aliphatic heterocycles. The molecule has 0 saturated carbocycles. The summed E-state index contributed by atoms with van der Waals surface area (Å²) in [4.78, 5) is 15.9. The van der Waals surface area contributed by atoms with Crippen LogP contribution in [0, 0.1) is 6.92 Å². The average Bonchev–Trinajstić information content (AvgIpc) is 2.74. The summed E-state index contributed by atoms with van der Waals surface area (Å²) in [5, 5.41) is 3.57. The standard InChI is InChI=1S/C10H11N3O3/c1-7-3-9(14)13(10(12-7)15-2)5-8-4-11-16-6-8/h3-4,6H,5H2,1-2H3. The summed E-state index contributed by atoms with van der Waals surface area (Å²) in [5.74, 6) is 0. The number of nitrogens with zero attached hydrogens (tertiary/aromatic N) is 3. The van der Waals surface area contributed by atoms with E-state index in [1.165, 1.54) is 24.0 Å². The summed E-state index contributed by atoms with van der Waals surface area (Å²) in [5.41, 5.74) is 1.25. The van der Waals surface area contributed by atoms with Crippen LogP contribution in [0.2, 0.25) is 0 Å². The zero-order valence-electron chi connectivity index (χ0n) is 9.01. The molecule has 0 amide bonds. The molecule has 0 atom stereocenters. The van der Waals surface area contributed by atoms with Crippen molar-refractivity contribution in [3.05, 3.63) is 40.1 Å². The predicted molar refractivity (Wildman–Crippen MR) is 55.4 cm³/mol. The van der Waals surface area contributed by atoms with Gasteiger partial charge in [-0.05, 0) is 6.92 Å². The van der Waals surface area contributed by atoms with Gasteiger partial charge in [0, 0.05) is 17.3 Å². The van der Waals surface area contributed by atoms with Crippen LogP contribution in [0.3, 0.4) is 0 Å². The van der Waals surface area contributed by atoms with E-state index in [-0.39, 0.29) is 11.6 Å². The van der Waals surface area contributed by atoms with Crippen LogP contribution in [0.5, 0.6) is 6.01 Å². The minimum atomic E-state index is -0.162. The summed E-state index contributed by atoms with van der Waals surface area (Å²) in [6.07, 6.45) is 3.03. The lowest BCUT2D eigenvalue weighted by atomic mass is 10.3. The van der Waals surface area contributed by atoms with E-state index in [0.29, 0.717) is 12.2 Å². The fraction of sp³-hybridized carbons (Fsp3) is 0.300. The third-order valence-corrected chi connectivity index (χ3v) is 2.11. The molecule has 0 unspecified atom stereocenters. The van der Waals surface area contributed by atoms with Crippen LogP contribution in [-0.2, 0) is 6.54 Å². The van der Waals surface area contributed by atoms with Gasteiger partial charge in [0.25, 0.3) is 11.6 Å². The number of aryl methyl sites for hydroxylation is 1. The Morgan fingerprint density at radius 3 is 3.00 bits per heavy atom. The van der Waals surface area contributed by atoms with E-state index >= 15 is 0 Å². The zero-order valence-corrected chi connectivity index (χ0v) is 9.01. The molecule has 0 bridgehead atoms. The molecular formula is C10H11N3O3. The van der Waals surface area contributed by atoms with Gasteiger partial charge in [0.05, 0.1) is 19.9 Å². The molecule has 0 aliphatic carbocycles. The SMILES string of the molecule is COc1nc(C)cc(=O)n1Cc1cnoc1. The van der Waals surface area contributed by atoms with Crippen molar-refractivity contribution >= 4 is 0 Å². The van der Waals surface area contributed by atoms with Crippen LogP contribution >= 0.6 is 0 Å². The van der Waals surface area contributed by atoms with Gasteiger partial charge in [-0.1, -0.05) is 5.16 Å². The van der Waals surface area contributed by atoms with Crippen LogP contribution in [0.25, 0.3) is 0 Å². The van der Waals surface area contributed by atoms with Crippen molar-refractivity contribution in [3.8, 4) is 6.01 Å². The summed E-state index contributed by atoms with van der Waals surface area (Å²) in [6, 6.07) is 1.74. The second-order valence-corrected chi connectivity index (χ2v) is 3.34. The highest BCUT2D eigenvalue weighted by Crippen LogP contribution is 2.07. The third kappa shape index (κ3) is 1.95. The summed E-state index contributed by atoms with van der Waals surface area (Å²) in [6.45, 7) is 2.08. The number of ether oxygens (including phenoxy) is 1. The van der Waals surface area contributed by atoms with Crippen LogP contribution in [0.1, 0.15) is 11.3 Å². The Balaban J connectivity index is 2.43. The number of methoxy groups -OCH3 is 1. The monoisotopic (exact) mass is 221 g/mol. The van der Waals surface area contributed by atoms with E-state index in [2.05, 4.69) is 10.1 Å². The van der Waals surface area contributed by atoms with Crippen molar-refractivity contribution in [1.82, 2.24) is 14.7 Å². The van der Waals surface area contributed by atoms with E-state index in [0.717, 1.165) is 5.56 Å². The van der Waals surface area contributed by atoms with Crippen molar-refractivity contribution in [2.45, 2.75) is 13.5 Å². The van der Waals surface area contributed by atoms with Crippen molar-refractivity contribution in [2.75, 3.05) is 7.11 Å². The summed E-state index contributed by atoms with van der Waals surface area (Å²) < 4.78 is 11.2. The molecule has 2 heterocycles. The number of hydrogen-bond acceptors (Lipinski definition) is 5. The first-order valence-corrected chi connectivity index (χ1v) is 4.71. The molecule has 0 aromatic carbocycles. The molecule has 0 fully saturated rings. The van der Waals surface area contributed by atoms with E-state index in [4.69, 9.17) is 9.26 Å². The van der Waals surface area contributed by atoms with Gasteiger partial charge in [-0.3, -0.25) is 9.36 Å². The van der Waals surface area contributed by atoms with Gasteiger partial charge in [0.1, 0.15) is 6.26 Å². The normalized spacial score (nSPS) is 10.4. The number of rotatable bonds is 3. The molecule has 0 aliphatic rings. The highest BCUT2D eigenvalue weighted by atomic mass is 16.5. The third-order valence-electron chi connectivity index (χ3n) is 2.11. The van der Waals surface area contributed by atoms with E-state index < -0.39 is 0 Å². The van der Waals surface area contributed by atoms with Crippen molar-refractivity contribution < 1.29 is 9.26 Å². The Hall–Kier alpha value is -2.11. The molecule has 84 valence electrons. The first-order chi connectivity index (χ1) is 7.70. The summed E-state index contributed by atoms with van der Waals surface area (Å²) >= 11 is 0.